The van der Waals surface area contributed by atoms with E-state index in [1.165, 1.54) is 11.8 Å². The molecule has 0 aliphatic carbocycles. The zero-order valence-corrected chi connectivity index (χ0v) is 17.7. The van der Waals surface area contributed by atoms with Gasteiger partial charge < -0.3 is 14.6 Å². The SMILES string of the molecule is COc1ccc(-c2nnc(SCC(=O)Nc3ccc(Cl)c(Br)c3)n2C)cc1. The van der Waals surface area contributed by atoms with Crippen molar-refractivity contribution in [1.29, 1.82) is 0 Å². The Morgan fingerprint density at radius 1 is 1.26 bits per heavy atom. The predicted molar refractivity (Wildman–Crippen MR) is 111 cm³/mol. The van der Waals surface area contributed by atoms with Crippen molar-refractivity contribution in [3.63, 3.8) is 0 Å². The van der Waals surface area contributed by atoms with Gasteiger partial charge in [-0.1, -0.05) is 23.4 Å². The topological polar surface area (TPSA) is 69.0 Å². The van der Waals surface area contributed by atoms with Gasteiger partial charge in [0.1, 0.15) is 5.75 Å². The Kier molecular flexibility index (Phi) is 6.41. The summed E-state index contributed by atoms with van der Waals surface area (Å²) in [5.41, 5.74) is 1.60. The van der Waals surface area contributed by atoms with E-state index in [0.29, 0.717) is 15.9 Å². The summed E-state index contributed by atoms with van der Waals surface area (Å²) >= 11 is 10.6. The number of ether oxygens (including phenoxy) is 1. The van der Waals surface area contributed by atoms with Gasteiger partial charge in [-0.25, -0.2) is 0 Å². The van der Waals surface area contributed by atoms with Crippen LogP contribution in [-0.2, 0) is 11.8 Å². The Labute approximate surface area is 174 Å². The number of hydrogen-bond donors (Lipinski definition) is 1. The number of amides is 1. The molecule has 27 heavy (non-hydrogen) atoms. The molecule has 140 valence electrons. The summed E-state index contributed by atoms with van der Waals surface area (Å²) in [6, 6.07) is 12.8. The zero-order valence-electron chi connectivity index (χ0n) is 14.6. The van der Waals surface area contributed by atoms with Crippen LogP contribution in [0.3, 0.4) is 0 Å². The van der Waals surface area contributed by atoms with Crippen LogP contribution in [0.15, 0.2) is 52.1 Å². The molecule has 3 rings (SSSR count). The largest absolute Gasteiger partial charge is 0.497 e. The lowest BCUT2D eigenvalue weighted by molar-refractivity contribution is -0.113. The lowest BCUT2D eigenvalue weighted by Gasteiger charge is -2.07. The van der Waals surface area contributed by atoms with Crippen molar-refractivity contribution in [2.75, 3.05) is 18.2 Å². The van der Waals surface area contributed by atoms with Gasteiger partial charge in [0.05, 0.1) is 17.9 Å². The lowest BCUT2D eigenvalue weighted by atomic mass is 10.2. The number of rotatable bonds is 6. The van der Waals surface area contributed by atoms with Gasteiger partial charge in [0.25, 0.3) is 0 Å². The number of carbonyl (C=O) groups is 1. The van der Waals surface area contributed by atoms with Crippen molar-refractivity contribution in [1.82, 2.24) is 14.8 Å². The number of thioether (sulfide) groups is 1. The molecule has 0 radical (unpaired) electrons. The van der Waals surface area contributed by atoms with E-state index in [-0.39, 0.29) is 11.7 Å². The molecule has 0 saturated carbocycles. The number of carbonyl (C=O) groups excluding carboxylic acids is 1. The molecule has 0 atom stereocenters. The second kappa shape index (κ2) is 8.77. The van der Waals surface area contributed by atoms with Gasteiger partial charge in [-0.15, -0.1) is 10.2 Å². The van der Waals surface area contributed by atoms with E-state index < -0.39 is 0 Å². The molecule has 2 aromatic carbocycles. The molecule has 0 aliphatic heterocycles. The Morgan fingerprint density at radius 3 is 2.67 bits per heavy atom. The van der Waals surface area contributed by atoms with Crippen LogP contribution < -0.4 is 10.1 Å². The first-order valence-corrected chi connectivity index (χ1v) is 10.0. The molecule has 0 fully saturated rings. The van der Waals surface area contributed by atoms with Crippen LogP contribution in [0.1, 0.15) is 0 Å². The number of nitrogens with zero attached hydrogens (tertiary/aromatic N) is 3. The first kappa shape index (κ1) is 19.7. The minimum absolute atomic E-state index is 0.136. The molecule has 0 spiro atoms. The van der Waals surface area contributed by atoms with Crippen LogP contribution >= 0.6 is 39.3 Å². The molecule has 6 nitrogen and oxygen atoms in total. The highest BCUT2D eigenvalue weighted by molar-refractivity contribution is 9.10. The maximum atomic E-state index is 12.2. The second-order valence-electron chi connectivity index (χ2n) is 5.56. The first-order chi connectivity index (χ1) is 13.0. The van der Waals surface area contributed by atoms with Crippen LogP contribution in [0.2, 0.25) is 5.02 Å². The molecule has 9 heteroatoms. The molecular formula is C18H16BrClN4O2S. The highest BCUT2D eigenvalue weighted by atomic mass is 79.9. The minimum Gasteiger partial charge on any atom is -0.497 e. The minimum atomic E-state index is -0.136. The number of hydrogen-bond acceptors (Lipinski definition) is 5. The normalized spacial score (nSPS) is 10.7. The highest BCUT2D eigenvalue weighted by Gasteiger charge is 2.13. The molecule has 0 aliphatic rings. The predicted octanol–water partition coefficient (Wildman–Crippen LogP) is 4.64. The Bertz CT molecular complexity index is 962. The van der Waals surface area contributed by atoms with Crippen LogP contribution in [-0.4, -0.2) is 33.5 Å². The van der Waals surface area contributed by atoms with Gasteiger partial charge >= 0.3 is 0 Å². The summed E-state index contributed by atoms with van der Waals surface area (Å²) in [5, 5.41) is 12.5. The Balaban J connectivity index is 1.63. The quantitative estimate of drug-likeness (QED) is 0.535. The summed E-state index contributed by atoms with van der Waals surface area (Å²) in [6.45, 7) is 0. The van der Waals surface area contributed by atoms with Crippen LogP contribution in [0.25, 0.3) is 11.4 Å². The molecular weight excluding hydrogens is 452 g/mol. The second-order valence-corrected chi connectivity index (χ2v) is 7.76. The van der Waals surface area contributed by atoms with E-state index in [1.54, 1.807) is 25.3 Å². The fourth-order valence-corrected chi connectivity index (χ4v) is 3.54. The van der Waals surface area contributed by atoms with Gasteiger partial charge in [0, 0.05) is 22.8 Å². The number of benzene rings is 2. The third kappa shape index (κ3) is 4.82. The van der Waals surface area contributed by atoms with Crippen LogP contribution in [0.4, 0.5) is 5.69 Å². The maximum absolute atomic E-state index is 12.2. The number of halogens is 2. The summed E-state index contributed by atoms with van der Waals surface area (Å²) in [4.78, 5) is 12.2. The number of anilines is 1. The van der Waals surface area contributed by atoms with Crippen molar-refractivity contribution < 1.29 is 9.53 Å². The maximum Gasteiger partial charge on any atom is 0.234 e. The molecule has 1 aromatic heterocycles. The number of aromatic nitrogens is 3. The lowest BCUT2D eigenvalue weighted by Crippen LogP contribution is -2.14. The molecule has 1 heterocycles. The summed E-state index contributed by atoms with van der Waals surface area (Å²) in [5.74, 6) is 1.58. The number of methoxy groups -OCH3 is 1. The molecule has 0 bridgehead atoms. The molecule has 1 amide bonds. The number of nitrogens with one attached hydrogen (secondary N) is 1. The van der Waals surface area contributed by atoms with E-state index >= 15 is 0 Å². The summed E-state index contributed by atoms with van der Waals surface area (Å²) in [6.07, 6.45) is 0. The van der Waals surface area contributed by atoms with Gasteiger partial charge in [0.15, 0.2) is 11.0 Å². The van der Waals surface area contributed by atoms with E-state index in [2.05, 4.69) is 31.4 Å². The van der Waals surface area contributed by atoms with E-state index in [4.69, 9.17) is 16.3 Å². The van der Waals surface area contributed by atoms with Crippen LogP contribution in [0.5, 0.6) is 5.75 Å². The molecule has 0 saturated heterocycles. The van der Waals surface area contributed by atoms with Crippen LogP contribution in [0, 0.1) is 0 Å². The van der Waals surface area contributed by atoms with Gasteiger partial charge in [-0.05, 0) is 58.4 Å². The smallest absolute Gasteiger partial charge is 0.234 e. The third-order valence-electron chi connectivity index (χ3n) is 3.72. The first-order valence-electron chi connectivity index (χ1n) is 7.89. The third-order valence-corrected chi connectivity index (χ3v) is 5.95. The molecule has 0 unspecified atom stereocenters. The summed E-state index contributed by atoms with van der Waals surface area (Å²) in [7, 11) is 3.50. The zero-order chi connectivity index (χ0) is 19.4. The van der Waals surface area contributed by atoms with Crippen molar-refractivity contribution >= 4 is 50.9 Å². The van der Waals surface area contributed by atoms with E-state index in [1.807, 2.05) is 35.9 Å². The molecule has 1 N–H and O–H groups in total. The van der Waals surface area contributed by atoms with Crippen molar-refractivity contribution in [3.05, 3.63) is 52.0 Å². The average Bonchev–Trinajstić information content (AvgIpc) is 3.03. The monoisotopic (exact) mass is 466 g/mol. The van der Waals surface area contributed by atoms with E-state index in [9.17, 15) is 4.79 Å². The van der Waals surface area contributed by atoms with Crippen molar-refractivity contribution in [2.45, 2.75) is 5.16 Å². The highest BCUT2D eigenvalue weighted by Crippen LogP contribution is 2.27. The summed E-state index contributed by atoms with van der Waals surface area (Å²) < 4.78 is 7.75. The van der Waals surface area contributed by atoms with Gasteiger partial charge in [-0.2, -0.15) is 0 Å². The van der Waals surface area contributed by atoms with Crippen molar-refractivity contribution in [2.24, 2.45) is 7.05 Å². The fraction of sp³-hybridized carbons (Fsp3) is 0.167. The van der Waals surface area contributed by atoms with Crippen molar-refractivity contribution in [3.8, 4) is 17.1 Å². The van der Waals surface area contributed by atoms with Gasteiger partial charge in [-0.3, -0.25) is 4.79 Å². The van der Waals surface area contributed by atoms with E-state index in [0.717, 1.165) is 21.6 Å². The fourth-order valence-electron chi connectivity index (χ4n) is 2.33. The Hall–Kier alpha value is -2.03. The Morgan fingerprint density at radius 2 is 2.00 bits per heavy atom. The average molecular weight is 468 g/mol. The standard InChI is InChI=1S/C18H16BrClN4O2S/c1-24-17(11-3-6-13(26-2)7-4-11)22-23-18(24)27-10-16(25)21-12-5-8-15(20)14(19)9-12/h3-9H,10H2,1-2H3,(H,21,25). The molecule has 3 aromatic rings. The van der Waals surface area contributed by atoms with Gasteiger partial charge in [0.2, 0.25) is 5.91 Å².